The number of hydrogen-bond donors (Lipinski definition) is 2. The zero-order chi connectivity index (χ0) is 13.2. The Morgan fingerprint density at radius 2 is 2.21 bits per heavy atom. The summed E-state index contributed by atoms with van der Waals surface area (Å²) >= 11 is 7.02. The number of halogens is 1. The van der Waals surface area contributed by atoms with E-state index in [1.807, 2.05) is 30.0 Å². The minimum atomic E-state index is -0.0125. The molecule has 1 aromatic heterocycles. The lowest BCUT2D eigenvalue weighted by Gasteiger charge is -2.31. The summed E-state index contributed by atoms with van der Waals surface area (Å²) in [6.45, 7) is 0. The summed E-state index contributed by atoms with van der Waals surface area (Å²) in [6.07, 6.45) is 0.0239. The molecule has 2 heterocycles. The Labute approximate surface area is 128 Å². The van der Waals surface area contributed by atoms with Crippen molar-refractivity contribution in [1.29, 1.82) is 0 Å². The summed E-state index contributed by atoms with van der Waals surface area (Å²) in [5.74, 6) is 7.55. The van der Waals surface area contributed by atoms with Crippen LogP contribution in [0.5, 0.6) is 5.75 Å². The summed E-state index contributed by atoms with van der Waals surface area (Å²) in [5, 5.41) is 4.16. The van der Waals surface area contributed by atoms with Crippen LogP contribution in [0.25, 0.3) is 0 Å². The molecule has 100 valence electrons. The van der Waals surface area contributed by atoms with Gasteiger partial charge in [-0.1, -0.05) is 12.1 Å². The molecule has 19 heavy (non-hydrogen) atoms. The lowest BCUT2D eigenvalue weighted by molar-refractivity contribution is 0.167. The van der Waals surface area contributed by atoms with Crippen molar-refractivity contribution in [3.63, 3.8) is 0 Å². The zero-order valence-electron chi connectivity index (χ0n) is 10.0. The molecular weight excluding hydrogens is 344 g/mol. The van der Waals surface area contributed by atoms with Crippen LogP contribution < -0.4 is 16.0 Å². The smallest absolute Gasteiger partial charge is 0.133 e. The maximum absolute atomic E-state index is 6.08. The average Bonchev–Trinajstić information content (AvgIpc) is 2.86. The minimum Gasteiger partial charge on any atom is -0.486 e. The van der Waals surface area contributed by atoms with Gasteiger partial charge in [0.25, 0.3) is 0 Å². The Morgan fingerprint density at radius 1 is 1.37 bits per heavy atom. The first-order valence-corrected chi connectivity index (χ1v) is 8.58. The maximum atomic E-state index is 6.08. The van der Waals surface area contributed by atoms with Gasteiger partial charge in [-0.25, -0.2) is 5.43 Å². The number of nitrogens with one attached hydrogen (secondary N) is 1. The third-order valence-corrected chi connectivity index (χ3v) is 5.95. The fourth-order valence-electron chi connectivity index (χ4n) is 2.11. The Balaban J connectivity index is 1.85. The molecule has 6 heteroatoms. The molecule has 3 nitrogen and oxygen atoms in total. The van der Waals surface area contributed by atoms with Crippen LogP contribution >= 0.6 is 39.0 Å². The van der Waals surface area contributed by atoms with Crippen LogP contribution in [0.15, 0.2) is 44.4 Å². The Hall–Kier alpha value is -0.530. The summed E-state index contributed by atoms with van der Waals surface area (Å²) in [5.41, 5.74) is 4.03. The van der Waals surface area contributed by atoms with Gasteiger partial charge in [-0.05, 0) is 39.0 Å². The van der Waals surface area contributed by atoms with Crippen molar-refractivity contribution in [3.8, 4) is 5.75 Å². The SMILES string of the molecule is NNC(c1cscc1Br)C1CSc2ccccc2O1. The van der Waals surface area contributed by atoms with E-state index in [4.69, 9.17) is 10.6 Å². The molecular formula is C13H13BrN2OS2. The number of benzene rings is 1. The molecule has 0 fully saturated rings. The normalized spacial score (nSPS) is 19.6. The standard InChI is InChI=1S/C13H13BrN2OS2/c14-9-6-18-5-8(9)13(16-15)11-7-19-12-4-2-1-3-10(12)17-11/h1-6,11,13,16H,7,15H2. The van der Waals surface area contributed by atoms with Gasteiger partial charge >= 0.3 is 0 Å². The molecule has 0 saturated carbocycles. The molecule has 3 rings (SSSR count). The second-order valence-corrected chi connectivity index (χ2v) is 6.89. The molecule has 0 amide bonds. The average molecular weight is 357 g/mol. The number of ether oxygens (including phenoxy) is 1. The molecule has 0 bridgehead atoms. The van der Waals surface area contributed by atoms with Crippen molar-refractivity contribution < 1.29 is 4.74 Å². The van der Waals surface area contributed by atoms with E-state index in [-0.39, 0.29) is 12.1 Å². The minimum absolute atomic E-state index is 0.0125. The Bertz CT molecular complexity index is 575. The highest BCUT2D eigenvalue weighted by atomic mass is 79.9. The first-order chi connectivity index (χ1) is 9.29. The van der Waals surface area contributed by atoms with Crippen LogP contribution in [0.1, 0.15) is 11.6 Å². The number of para-hydroxylation sites is 1. The molecule has 0 saturated heterocycles. The van der Waals surface area contributed by atoms with Crippen LogP contribution in [0.3, 0.4) is 0 Å². The van der Waals surface area contributed by atoms with Crippen LogP contribution in [-0.4, -0.2) is 11.9 Å². The number of hydrogen-bond acceptors (Lipinski definition) is 5. The van der Waals surface area contributed by atoms with Gasteiger partial charge in [0.1, 0.15) is 11.9 Å². The lowest BCUT2D eigenvalue weighted by Crippen LogP contribution is -2.42. The van der Waals surface area contributed by atoms with E-state index in [0.29, 0.717) is 0 Å². The van der Waals surface area contributed by atoms with Gasteiger partial charge in [0.15, 0.2) is 0 Å². The number of hydrazine groups is 1. The highest BCUT2D eigenvalue weighted by molar-refractivity contribution is 9.10. The molecule has 1 aliphatic rings. The van der Waals surface area contributed by atoms with E-state index in [1.54, 1.807) is 11.3 Å². The molecule has 1 aliphatic heterocycles. The highest BCUT2D eigenvalue weighted by Crippen LogP contribution is 2.39. The molecule has 3 N–H and O–H groups in total. The van der Waals surface area contributed by atoms with E-state index in [2.05, 4.69) is 38.2 Å². The number of nitrogens with two attached hydrogens (primary N) is 1. The molecule has 2 atom stereocenters. The topological polar surface area (TPSA) is 47.3 Å². The fraction of sp³-hybridized carbons (Fsp3) is 0.231. The van der Waals surface area contributed by atoms with Gasteiger partial charge in [-0.3, -0.25) is 5.84 Å². The van der Waals surface area contributed by atoms with E-state index >= 15 is 0 Å². The first kappa shape index (κ1) is 13.5. The molecule has 0 radical (unpaired) electrons. The summed E-state index contributed by atoms with van der Waals surface area (Å²) in [6, 6.07) is 8.10. The van der Waals surface area contributed by atoms with Crippen LogP contribution in [0.4, 0.5) is 0 Å². The number of rotatable bonds is 3. The van der Waals surface area contributed by atoms with Gasteiger partial charge in [0.2, 0.25) is 0 Å². The molecule has 0 aliphatic carbocycles. The lowest BCUT2D eigenvalue weighted by atomic mass is 10.1. The van der Waals surface area contributed by atoms with Crippen molar-refractivity contribution in [1.82, 2.24) is 5.43 Å². The predicted octanol–water partition coefficient (Wildman–Crippen LogP) is 3.57. The van der Waals surface area contributed by atoms with Crippen molar-refractivity contribution >= 4 is 39.0 Å². The third kappa shape index (κ3) is 2.68. The van der Waals surface area contributed by atoms with Gasteiger partial charge < -0.3 is 4.74 Å². The quantitative estimate of drug-likeness (QED) is 0.651. The van der Waals surface area contributed by atoms with Crippen LogP contribution in [0.2, 0.25) is 0 Å². The Kier molecular flexibility index (Phi) is 4.14. The van der Waals surface area contributed by atoms with Crippen molar-refractivity contribution in [2.45, 2.75) is 17.0 Å². The molecule has 0 spiro atoms. The van der Waals surface area contributed by atoms with Gasteiger partial charge in [0, 0.05) is 20.5 Å². The number of thiophene rings is 1. The van der Waals surface area contributed by atoms with Gasteiger partial charge in [-0.2, -0.15) is 11.3 Å². The van der Waals surface area contributed by atoms with Crippen molar-refractivity contribution in [2.75, 3.05) is 5.75 Å². The van der Waals surface area contributed by atoms with Crippen LogP contribution in [0, 0.1) is 0 Å². The Morgan fingerprint density at radius 3 is 2.95 bits per heavy atom. The van der Waals surface area contributed by atoms with E-state index < -0.39 is 0 Å². The third-order valence-electron chi connectivity index (χ3n) is 3.06. The van der Waals surface area contributed by atoms with Crippen molar-refractivity contribution in [2.24, 2.45) is 5.84 Å². The monoisotopic (exact) mass is 356 g/mol. The van der Waals surface area contributed by atoms with E-state index in [1.165, 1.54) is 4.90 Å². The van der Waals surface area contributed by atoms with Crippen LogP contribution in [-0.2, 0) is 0 Å². The fourth-order valence-corrected chi connectivity index (χ4v) is 4.73. The second kappa shape index (κ2) is 5.85. The summed E-state index contributed by atoms with van der Waals surface area (Å²) in [4.78, 5) is 1.19. The molecule has 2 unspecified atom stereocenters. The number of fused-ring (bicyclic) bond motifs is 1. The molecule has 2 aromatic rings. The van der Waals surface area contributed by atoms with Gasteiger partial charge in [0.05, 0.1) is 6.04 Å². The zero-order valence-corrected chi connectivity index (χ0v) is 13.2. The van der Waals surface area contributed by atoms with E-state index in [0.717, 1.165) is 21.5 Å². The summed E-state index contributed by atoms with van der Waals surface area (Å²) < 4.78 is 7.16. The second-order valence-electron chi connectivity index (χ2n) is 4.23. The predicted molar refractivity (Wildman–Crippen MR) is 83.7 cm³/mol. The summed E-state index contributed by atoms with van der Waals surface area (Å²) in [7, 11) is 0. The van der Waals surface area contributed by atoms with Gasteiger partial charge in [-0.15, -0.1) is 11.8 Å². The highest BCUT2D eigenvalue weighted by Gasteiger charge is 2.30. The first-order valence-electron chi connectivity index (χ1n) is 5.86. The maximum Gasteiger partial charge on any atom is 0.133 e. The largest absolute Gasteiger partial charge is 0.486 e. The van der Waals surface area contributed by atoms with E-state index in [9.17, 15) is 0 Å². The van der Waals surface area contributed by atoms with Crippen molar-refractivity contribution in [3.05, 3.63) is 45.1 Å². The molecule has 1 aromatic carbocycles. The number of thioether (sulfide) groups is 1.